The van der Waals surface area contributed by atoms with Crippen molar-refractivity contribution in [2.75, 3.05) is 0 Å². The zero-order valence-corrected chi connectivity index (χ0v) is 28.5. The minimum Gasteiger partial charge on any atom is -0.456 e. The third kappa shape index (κ3) is 5.26. The van der Waals surface area contributed by atoms with E-state index in [9.17, 15) is 9.60 Å². The Bertz CT molecular complexity index is 4050. The van der Waals surface area contributed by atoms with Crippen LogP contribution in [0.2, 0.25) is 0 Å². The van der Waals surface area contributed by atoms with E-state index in [1.165, 1.54) is 0 Å². The second-order valence-electron chi connectivity index (χ2n) is 12.8. The largest absolute Gasteiger partial charge is 0.456 e. The van der Waals surface area contributed by atoms with Gasteiger partial charge in [-0.2, -0.15) is 0 Å². The number of hydrogen-bond acceptors (Lipinski definition) is 4. The molecule has 0 amide bonds. The third-order valence-corrected chi connectivity index (χ3v) is 9.57. The molecule has 11 rings (SSSR count). The first-order valence-electron chi connectivity index (χ1n) is 24.8. The highest BCUT2D eigenvalue weighted by molar-refractivity contribution is 6.25. The number of nitrogens with zero attached hydrogens (tertiary/aromatic N) is 3. The number of rotatable bonds is 5. The zero-order valence-electron chi connectivity index (χ0n) is 43.5. The van der Waals surface area contributed by atoms with Gasteiger partial charge in [0.2, 0.25) is 0 Å². The summed E-state index contributed by atoms with van der Waals surface area (Å²) in [4.78, 5) is 14.5. The van der Waals surface area contributed by atoms with Crippen LogP contribution in [0.15, 0.2) is 192 Å². The van der Waals surface area contributed by atoms with Gasteiger partial charge in [-0.05, 0) is 72.7 Å². The van der Waals surface area contributed by atoms with Gasteiger partial charge in [0.05, 0.1) is 20.6 Å². The lowest BCUT2D eigenvalue weighted by Gasteiger charge is -2.12. The quantitative estimate of drug-likeness (QED) is 0.166. The summed E-state index contributed by atoms with van der Waals surface area (Å²) in [6, 6.07) is 19.3. The van der Waals surface area contributed by atoms with Crippen LogP contribution >= 0.6 is 0 Å². The Balaban J connectivity index is 1.19. The summed E-state index contributed by atoms with van der Waals surface area (Å²) in [5, 5.41) is -0.762. The van der Waals surface area contributed by atoms with Gasteiger partial charge in [-0.15, -0.1) is 0 Å². The van der Waals surface area contributed by atoms with Crippen LogP contribution in [-0.2, 0) is 0 Å². The van der Waals surface area contributed by atoms with Crippen LogP contribution in [0.4, 0.5) is 0 Å². The molecule has 0 N–H and O–H groups in total. The van der Waals surface area contributed by atoms with E-state index in [0.717, 1.165) is 16.5 Å². The lowest BCUT2D eigenvalue weighted by Crippen LogP contribution is -2.00. The molecular weight excluding hydrogens is 671 g/mol. The highest BCUT2D eigenvalue weighted by Gasteiger charge is 2.18. The van der Waals surface area contributed by atoms with Gasteiger partial charge in [0.25, 0.3) is 0 Å². The Labute approximate surface area is 338 Å². The number of hydrogen-bond donors (Lipinski definition) is 0. The first kappa shape index (κ1) is 19.6. The first-order chi connectivity index (χ1) is 33.5. The molecule has 0 saturated carbocycles. The van der Waals surface area contributed by atoms with E-state index in [4.69, 9.17) is 30.3 Å². The Kier molecular flexibility index (Phi) is 4.49. The molecule has 0 aliphatic rings. The number of benzene rings is 9. The third-order valence-electron chi connectivity index (χ3n) is 9.57. The highest BCUT2D eigenvalue weighted by atomic mass is 16.3. The molecular formula is C51H31N3O. The van der Waals surface area contributed by atoms with Gasteiger partial charge in [-0.1, -0.05) is 170 Å². The molecule has 0 atom stereocenters. The predicted molar refractivity (Wildman–Crippen MR) is 227 cm³/mol. The molecule has 0 saturated heterocycles. The second kappa shape index (κ2) is 12.6. The minimum absolute atomic E-state index is 0.127. The van der Waals surface area contributed by atoms with Crippen molar-refractivity contribution in [2.45, 2.75) is 0 Å². The summed E-state index contributed by atoms with van der Waals surface area (Å²) in [7, 11) is 0. The Morgan fingerprint density at radius 1 is 0.345 bits per heavy atom. The van der Waals surface area contributed by atoms with E-state index in [1.54, 1.807) is 18.2 Å². The predicted octanol–water partition coefficient (Wildman–Crippen LogP) is 13.6. The van der Waals surface area contributed by atoms with Crippen molar-refractivity contribution in [1.29, 1.82) is 0 Å². The van der Waals surface area contributed by atoms with Gasteiger partial charge in [-0.3, -0.25) is 0 Å². The standard InChI is InChI=1S/C51H31N3O/c1-2-11-32(12-3-1)33-21-25-35(26-22-33)49-52-50(54-51(53-49)44-18-10-20-47-48(44)43-17-8-9-19-46(43)55-47)36-27-23-34(24-28-36)37-29-30-42-40-15-5-4-13-38(40)39-14-6-7-16-41(39)45(42)31-37/h1-31H/i4D,5D,6D,7D,13D,14D,15D,16D,23D,24D,27D,28D,29D,30D,31D. The molecule has 0 bridgehead atoms. The maximum absolute atomic E-state index is 9.68. The highest BCUT2D eigenvalue weighted by Crippen LogP contribution is 2.39. The van der Waals surface area contributed by atoms with Crippen molar-refractivity contribution >= 4 is 54.3 Å². The number of furan rings is 1. The van der Waals surface area contributed by atoms with E-state index < -0.39 is 107 Å². The van der Waals surface area contributed by atoms with E-state index in [-0.39, 0.29) is 50.0 Å². The van der Waals surface area contributed by atoms with Gasteiger partial charge in [0.1, 0.15) is 11.2 Å². The average molecular weight is 717 g/mol. The van der Waals surface area contributed by atoms with E-state index in [1.807, 2.05) is 78.9 Å². The van der Waals surface area contributed by atoms with Gasteiger partial charge in [0, 0.05) is 27.5 Å². The zero-order chi connectivity index (χ0) is 49.3. The maximum atomic E-state index is 9.68. The first-order valence-corrected chi connectivity index (χ1v) is 17.3. The monoisotopic (exact) mass is 716 g/mol. The van der Waals surface area contributed by atoms with Gasteiger partial charge in [0.15, 0.2) is 17.5 Å². The molecule has 0 spiro atoms. The molecule has 2 aromatic heterocycles. The molecule has 2 heterocycles. The fourth-order valence-electron chi connectivity index (χ4n) is 6.97. The molecule has 0 aliphatic heterocycles. The summed E-state index contributed by atoms with van der Waals surface area (Å²) in [5.74, 6) is 0.0318. The Morgan fingerprint density at radius 3 is 1.60 bits per heavy atom. The van der Waals surface area contributed by atoms with E-state index in [0.29, 0.717) is 27.7 Å². The Hall–Kier alpha value is -7.43. The number of aromatic nitrogens is 3. The van der Waals surface area contributed by atoms with Crippen LogP contribution in [0.3, 0.4) is 0 Å². The van der Waals surface area contributed by atoms with Gasteiger partial charge in [-0.25, -0.2) is 15.0 Å². The topological polar surface area (TPSA) is 51.8 Å². The van der Waals surface area contributed by atoms with Crippen molar-refractivity contribution in [3.8, 4) is 56.4 Å². The maximum Gasteiger partial charge on any atom is 0.164 e. The van der Waals surface area contributed by atoms with Crippen LogP contribution < -0.4 is 0 Å². The van der Waals surface area contributed by atoms with Crippen molar-refractivity contribution in [3.63, 3.8) is 0 Å². The summed E-state index contributed by atoms with van der Waals surface area (Å²) in [5.41, 5.74) is 2.62. The van der Waals surface area contributed by atoms with Crippen LogP contribution in [0.25, 0.3) is 111 Å². The number of fused-ring (bicyclic) bond motifs is 9. The van der Waals surface area contributed by atoms with Crippen molar-refractivity contribution in [3.05, 3.63) is 188 Å². The molecule has 4 heteroatoms. The average Bonchev–Trinajstić information content (AvgIpc) is 3.76. The van der Waals surface area contributed by atoms with E-state index in [2.05, 4.69) is 0 Å². The lowest BCUT2D eigenvalue weighted by atomic mass is 9.92. The fraction of sp³-hybridized carbons (Fsp3) is 0. The molecule has 0 aliphatic carbocycles. The number of para-hydroxylation sites is 1. The molecule has 4 nitrogen and oxygen atoms in total. The Morgan fingerprint density at radius 2 is 0.873 bits per heavy atom. The molecule has 0 unspecified atom stereocenters. The summed E-state index contributed by atoms with van der Waals surface area (Å²) in [6.07, 6.45) is 0. The normalized spacial score (nSPS) is 15.5. The fourth-order valence-corrected chi connectivity index (χ4v) is 6.97. The van der Waals surface area contributed by atoms with Gasteiger partial charge < -0.3 is 4.42 Å². The molecule has 0 fully saturated rings. The van der Waals surface area contributed by atoms with Gasteiger partial charge >= 0.3 is 0 Å². The SMILES string of the molecule is [2H]c1c([2H])c(-c2c([2H])c([2H])c3c4c([2H])c([2H])c([2H])c([2H])c4c4c([2H])c([2H])c([2H])c([2H])c4c3c2[2H])c([2H])c([2H])c1-c1nc(-c2ccc(-c3ccccc3)cc2)nc(-c2cccc3oc4ccccc4c23)n1. The molecule has 9 aromatic carbocycles. The smallest absolute Gasteiger partial charge is 0.164 e. The molecule has 0 radical (unpaired) electrons. The van der Waals surface area contributed by atoms with Crippen LogP contribution in [-0.4, -0.2) is 15.0 Å². The van der Waals surface area contributed by atoms with Crippen LogP contribution in [0.5, 0.6) is 0 Å². The van der Waals surface area contributed by atoms with Crippen molar-refractivity contribution in [2.24, 2.45) is 0 Å². The lowest BCUT2D eigenvalue weighted by molar-refractivity contribution is 0.669. The van der Waals surface area contributed by atoms with Crippen LogP contribution in [0.1, 0.15) is 20.6 Å². The minimum atomic E-state index is -0.788. The van der Waals surface area contributed by atoms with E-state index >= 15 is 0 Å². The second-order valence-corrected chi connectivity index (χ2v) is 12.8. The summed E-state index contributed by atoms with van der Waals surface area (Å²) < 4.78 is 142. The van der Waals surface area contributed by atoms with Crippen molar-refractivity contribution < 1.29 is 25.0 Å². The molecule has 55 heavy (non-hydrogen) atoms. The molecule has 256 valence electrons. The summed E-state index contributed by atoms with van der Waals surface area (Å²) >= 11 is 0. The summed E-state index contributed by atoms with van der Waals surface area (Å²) in [6.45, 7) is 0. The van der Waals surface area contributed by atoms with Crippen LogP contribution in [0, 0.1) is 0 Å². The van der Waals surface area contributed by atoms with Crippen molar-refractivity contribution in [1.82, 2.24) is 15.0 Å². The molecule has 11 aromatic rings.